The van der Waals surface area contributed by atoms with Crippen LogP contribution in [0.5, 0.6) is 0 Å². The molecule has 0 heterocycles. The van der Waals surface area contributed by atoms with Crippen LogP contribution in [0.3, 0.4) is 0 Å². The van der Waals surface area contributed by atoms with Gasteiger partial charge in [-0.3, -0.25) is 0 Å². The monoisotopic (exact) mass is 274 g/mol. The normalized spacial score (nSPS) is 13.1. The molecule has 0 nitrogen and oxygen atoms in total. The molecule has 0 atom stereocenters. The summed E-state index contributed by atoms with van der Waals surface area (Å²) in [6.07, 6.45) is 2.52. The van der Waals surface area contributed by atoms with Gasteiger partial charge in [-0.1, -0.05) is 66.2 Å². The van der Waals surface area contributed by atoms with E-state index >= 15 is 0 Å². The van der Waals surface area contributed by atoms with E-state index in [1.54, 1.807) is 11.1 Å². The van der Waals surface area contributed by atoms with E-state index in [4.69, 9.17) is 0 Å². The van der Waals surface area contributed by atoms with Gasteiger partial charge in [0.1, 0.15) is 0 Å². The van der Waals surface area contributed by atoms with Crippen LogP contribution in [0.15, 0.2) is 12.1 Å². The van der Waals surface area contributed by atoms with Gasteiger partial charge in [0, 0.05) is 0 Å². The van der Waals surface area contributed by atoms with Gasteiger partial charge >= 0.3 is 0 Å². The smallest absolute Gasteiger partial charge is 0.00979 e. The predicted octanol–water partition coefficient (Wildman–Crippen LogP) is 6.53. The Morgan fingerprint density at radius 1 is 0.900 bits per heavy atom. The molecule has 0 aromatic heterocycles. The Labute approximate surface area is 127 Å². The Hall–Kier alpha value is -0.780. The first kappa shape index (κ1) is 17.3. The molecule has 0 spiro atoms. The average molecular weight is 274 g/mol. The molecule has 0 N–H and O–H groups in total. The van der Waals surface area contributed by atoms with Gasteiger partial charge in [0.2, 0.25) is 0 Å². The van der Waals surface area contributed by atoms with Crippen LogP contribution in [0.25, 0.3) is 0 Å². The lowest BCUT2D eigenvalue weighted by molar-refractivity contribution is 0.313. The molecule has 0 saturated heterocycles. The van der Waals surface area contributed by atoms with Gasteiger partial charge in [0.25, 0.3) is 0 Å². The van der Waals surface area contributed by atoms with Crippen LogP contribution < -0.4 is 0 Å². The first-order valence-corrected chi connectivity index (χ1v) is 8.06. The Kier molecular flexibility index (Phi) is 5.11. The molecule has 0 unspecified atom stereocenters. The molecule has 0 fully saturated rings. The molecule has 0 saturated carbocycles. The van der Waals surface area contributed by atoms with Gasteiger partial charge in [-0.2, -0.15) is 0 Å². The summed E-state index contributed by atoms with van der Waals surface area (Å²) in [6.45, 7) is 21.0. The molecule has 0 aliphatic carbocycles. The van der Waals surface area contributed by atoms with E-state index in [0.717, 1.165) is 0 Å². The van der Waals surface area contributed by atoms with Gasteiger partial charge in [-0.25, -0.2) is 0 Å². The maximum atomic E-state index is 2.42. The fourth-order valence-corrected chi connectivity index (χ4v) is 3.19. The summed E-state index contributed by atoms with van der Waals surface area (Å²) in [5.74, 6) is 0.595. The van der Waals surface area contributed by atoms with Crippen molar-refractivity contribution in [1.29, 1.82) is 0 Å². The Bertz CT molecular complexity index is 456. The van der Waals surface area contributed by atoms with Crippen molar-refractivity contribution < 1.29 is 0 Å². The van der Waals surface area contributed by atoms with Crippen LogP contribution in [-0.4, -0.2) is 0 Å². The highest BCUT2D eigenvalue weighted by Gasteiger charge is 2.28. The molecule has 0 heteroatoms. The summed E-state index contributed by atoms with van der Waals surface area (Å²) in [5, 5.41) is 0. The second-order valence-corrected chi connectivity index (χ2v) is 8.65. The van der Waals surface area contributed by atoms with Crippen LogP contribution in [0.2, 0.25) is 0 Å². The summed E-state index contributed by atoms with van der Waals surface area (Å²) in [6, 6.07) is 4.74. The van der Waals surface area contributed by atoms with E-state index in [1.165, 1.54) is 24.0 Å². The topological polar surface area (TPSA) is 0 Å². The second kappa shape index (κ2) is 5.92. The van der Waals surface area contributed by atoms with E-state index in [9.17, 15) is 0 Å². The number of benzene rings is 1. The summed E-state index contributed by atoms with van der Waals surface area (Å²) in [5.41, 5.74) is 6.65. The Morgan fingerprint density at radius 3 is 1.90 bits per heavy atom. The van der Waals surface area contributed by atoms with E-state index in [0.29, 0.717) is 11.3 Å². The Balaban J connectivity index is 3.23. The third kappa shape index (κ3) is 4.36. The van der Waals surface area contributed by atoms with E-state index < -0.39 is 0 Å². The lowest BCUT2D eigenvalue weighted by Gasteiger charge is -2.34. The number of hydrogen-bond donors (Lipinski definition) is 0. The van der Waals surface area contributed by atoms with Gasteiger partial charge in [-0.05, 0) is 60.1 Å². The molecule has 1 aromatic carbocycles. The lowest BCUT2D eigenvalue weighted by atomic mass is 9.71. The quantitative estimate of drug-likeness (QED) is 0.585. The Morgan fingerprint density at radius 2 is 1.45 bits per heavy atom. The molecule has 0 radical (unpaired) electrons. The SMILES string of the molecule is Cc1cc(C)c(C(C)(C)CCC(C)(C)C)c(C(C)C)c1. The number of aryl methyl sites for hydroxylation is 2. The van der Waals surface area contributed by atoms with Crippen molar-refractivity contribution in [3.05, 3.63) is 34.4 Å². The lowest BCUT2D eigenvalue weighted by Crippen LogP contribution is -2.24. The number of hydrogen-bond acceptors (Lipinski definition) is 0. The summed E-state index contributed by atoms with van der Waals surface area (Å²) in [4.78, 5) is 0. The van der Waals surface area contributed by atoms with E-state index in [-0.39, 0.29) is 5.41 Å². The zero-order chi connectivity index (χ0) is 15.7. The first-order chi connectivity index (χ1) is 8.94. The molecular weight excluding hydrogens is 240 g/mol. The van der Waals surface area contributed by atoms with E-state index in [2.05, 4.69) is 74.4 Å². The highest BCUT2D eigenvalue weighted by Crippen LogP contribution is 2.39. The molecule has 20 heavy (non-hydrogen) atoms. The van der Waals surface area contributed by atoms with Crippen molar-refractivity contribution >= 4 is 0 Å². The van der Waals surface area contributed by atoms with Crippen molar-refractivity contribution in [2.24, 2.45) is 5.41 Å². The minimum absolute atomic E-state index is 0.255. The zero-order valence-corrected chi connectivity index (χ0v) is 15.1. The minimum Gasteiger partial charge on any atom is -0.0602 e. The molecule has 0 amide bonds. The van der Waals surface area contributed by atoms with Crippen LogP contribution in [0.4, 0.5) is 0 Å². The standard InChI is InChI=1S/C20H34/c1-14(2)17-13-15(3)12-16(4)18(17)20(8,9)11-10-19(5,6)7/h12-14H,10-11H2,1-9H3. The predicted molar refractivity (Wildman–Crippen MR) is 91.7 cm³/mol. The van der Waals surface area contributed by atoms with Crippen LogP contribution in [0.1, 0.15) is 89.5 Å². The maximum absolute atomic E-state index is 2.42. The molecule has 114 valence electrons. The highest BCUT2D eigenvalue weighted by molar-refractivity contribution is 5.44. The van der Waals surface area contributed by atoms with Gasteiger partial charge in [0.15, 0.2) is 0 Å². The fourth-order valence-electron chi connectivity index (χ4n) is 3.19. The first-order valence-electron chi connectivity index (χ1n) is 8.06. The molecule has 1 aromatic rings. The number of rotatable bonds is 4. The average Bonchev–Trinajstić information content (AvgIpc) is 2.24. The largest absolute Gasteiger partial charge is 0.0602 e. The van der Waals surface area contributed by atoms with Crippen LogP contribution in [0, 0.1) is 19.3 Å². The van der Waals surface area contributed by atoms with Crippen LogP contribution in [-0.2, 0) is 5.41 Å². The second-order valence-electron chi connectivity index (χ2n) is 8.65. The highest BCUT2D eigenvalue weighted by atomic mass is 14.3. The third-order valence-electron chi connectivity index (χ3n) is 4.31. The third-order valence-corrected chi connectivity index (χ3v) is 4.31. The fraction of sp³-hybridized carbons (Fsp3) is 0.700. The molecule has 0 aliphatic heterocycles. The molecular formula is C20H34. The maximum Gasteiger partial charge on any atom is -0.00979 e. The molecule has 1 rings (SSSR count). The summed E-state index contributed by atoms with van der Waals surface area (Å²) < 4.78 is 0. The minimum atomic E-state index is 0.255. The van der Waals surface area contributed by atoms with Crippen molar-refractivity contribution in [1.82, 2.24) is 0 Å². The van der Waals surface area contributed by atoms with Gasteiger partial charge in [-0.15, -0.1) is 0 Å². The summed E-state index contributed by atoms with van der Waals surface area (Å²) >= 11 is 0. The van der Waals surface area contributed by atoms with Crippen LogP contribution >= 0.6 is 0 Å². The zero-order valence-electron chi connectivity index (χ0n) is 15.1. The van der Waals surface area contributed by atoms with Gasteiger partial charge < -0.3 is 0 Å². The van der Waals surface area contributed by atoms with Crippen molar-refractivity contribution in [2.45, 2.75) is 86.5 Å². The molecule has 0 aliphatic rings. The summed E-state index contributed by atoms with van der Waals surface area (Å²) in [7, 11) is 0. The van der Waals surface area contributed by atoms with Crippen molar-refractivity contribution in [2.75, 3.05) is 0 Å². The van der Waals surface area contributed by atoms with E-state index in [1.807, 2.05) is 0 Å². The van der Waals surface area contributed by atoms with Gasteiger partial charge in [0.05, 0.1) is 0 Å². The molecule has 0 bridgehead atoms. The van der Waals surface area contributed by atoms with Crippen molar-refractivity contribution in [3.63, 3.8) is 0 Å². The van der Waals surface area contributed by atoms with Crippen molar-refractivity contribution in [3.8, 4) is 0 Å².